The topological polar surface area (TPSA) is 77.2 Å². The van der Waals surface area contributed by atoms with Crippen molar-refractivity contribution in [1.29, 1.82) is 0 Å². The molecule has 0 aliphatic heterocycles. The Morgan fingerprint density at radius 2 is 1.49 bits per heavy atom. The number of fused-ring (bicyclic) bond motifs is 1. The van der Waals surface area contributed by atoms with Gasteiger partial charge in [0.1, 0.15) is 0 Å². The van der Waals surface area contributed by atoms with E-state index in [4.69, 9.17) is 10.5 Å². The van der Waals surface area contributed by atoms with Gasteiger partial charge in [-0.1, -0.05) is 97.9 Å². The maximum atomic E-state index is 12.0. The van der Waals surface area contributed by atoms with Crippen LogP contribution >= 0.6 is 11.3 Å². The van der Waals surface area contributed by atoms with E-state index in [0.29, 0.717) is 6.04 Å². The Morgan fingerprint density at radius 3 is 1.95 bits per heavy atom. The predicted octanol–water partition coefficient (Wildman–Crippen LogP) is 6.12. The lowest BCUT2D eigenvalue weighted by atomic mass is 9.80. The summed E-state index contributed by atoms with van der Waals surface area (Å²) in [6.45, 7) is 4.77. The van der Waals surface area contributed by atoms with Gasteiger partial charge in [0, 0.05) is 34.5 Å². The van der Waals surface area contributed by atoms with Crippen LogP contribution < -0.4 is 11.1 Å². The maximum Gasteiger partial charge on any atom is 0.304 e. The minimum atomic E-state index is -0.949. The monoisotopic (exact) mass is 513 g/mol. The van der Waals surface area contributed by atoms with Gasteiger partial charge in [-0.3, -0.25) is 4.79 Å². The summed E-state index contributed by atoms with van der Waals surface area (Å²) < 4.78 is 5.96. The molecule has 3 aromatic carbocycles. The van der Waals surface area contributed by atoms with E-state index in [1.165, 1.54) is 30.3 Å². The number of aromatic nitrogens is 1. The molecule has 0 fully saturated rings. The zero-order chi connectivity index (χ0) is 26.1. The fourth-order valence-electron chi connectivity index (χ4n) is 4.83. The molecule has 0 amide bonds. The van der Waals surface area contributed by atoms with Gasteiger partial charge in [0.15, 0.2) is 10.7 Å². The molecular weight excluding hydrogens is 478 g/mol. The highest BCUT2D eigenvalue weighted by Gasteiger charge is 2.39. The molecule has 0 spiro atoms. The number of nitrogens with two attached hydrogens (primary N) is 1. The Balaban J connectivity index is 0.000000195. The molecular formula is C31H35N3O2S. The normalized spacial score (nSPS) is 14.7. The van der Waals surface area contributed by atoms with Crippen LogP contribution in [0.5, 0.6) is 0 Å². The Kier molecular flexibility index (Phi) is 9.09. The number of rotatable bonds is 7. The first-order valence-electron chi connectivity index (χ1n) is 12.9. The van der Waals surface area contributed by atoms with Crippen molar-refractivity contribution in [3.8, 4) is 0 Å². The average molecular weight is 514 g/mol. The Hall–Kier alpha value is -3.48. The van der Waals surface area contributed by atoms with Gasteiger partial charge >= 0.3 is 5.97 Å². The van der Waals surface area contributed by atoms with Gasteiger partial charge in [0.05, 0.1) is 5.69 Å². The van der Waals surface area contributed by atoms with Gasteiger partial charge in [0.25, 0.3) is 0 Å². The summed E-state index contributed by atoms with van der Waals surface area (Å²) in [7, 11) is 0. The second-order valence-electron chi connectivity index (χ2n) is 9.19. The third-order valence-corrected chi connectivity index (χ3v) is 7.43. The first-order valence-corrected chi connectivity index (χ1v) is 13.7. The Morgan fingerprint density at radius 1 is 0.973 bits per heavy atom. The molecule has 192 valence electrons. The van der Waals surface area contributed by atoms with Crippen LogP contribution in [-0.4, -0.2) is 23.5 Å². The average Bonchev–Trinajstić information content (AvgIpc) is 3.31. The van der Waals surface area contributed by atoms with Crippen LogP contribution in [0.3, 0.4) is 0 Å². The molecule has 0 saturated carbocycles. The number of nitrogens with zero attached hydrogens (tertiary/aromatic N) is 1. The summed E-state index contributed by atoms with van der Waals surface area (Å²) in [5, 5.41) is 4.29. The lowest BCUT2D eigenvalue weighted by Gasteiger charge is -2.34. The summed E-state index contributed by atoms with van der Waals surface area (Å²) in [4.78, 5) is 17.7. The van der Waals surface area contributed by atoms with Crippen molar-refractivity contribution in [2.24, 2.45) is 0 Å². The Bertz CT molecular complexity index is 1160. The molecule has 6 heteroatoms. The van der Waals surface area contributed by atoms with E-state index in [9.17, 15) is 4.79 Å². The van der Waals surface area contributed by atoms with Gasteiger partial charge in [-0.15, -0.1) is 11.3 Å². The molecule has 1 aliphatic rings. The van der Waals surface area contributed by atoms with Crippen molar-refractivity contribution >= 4 is 22.4 Å². The lowest BCUT2D eigenvalue weighted by molar-refractivity contribution is -0.150. The van der Waals surface area contributed by atoms with Crippen LogP contribution in [-0.2, 0) is 28.0 Å². The van der Waals surface area contributed by atoms with Crippen molar-refractivity contribution in [3.63, 3.8) is 0 Å². The number of ether oxygens (including phenoxy) is 1. The van der Waals surface area contributed by atoms with Crippen molar-refractivity contribution in [2.75, 3.05) is 12.3 Å². The van der Waals surface area contributed by atoms with Crippen molar-refractivity contribution in [1.82, 2.24) is 10.3 Å². The summed E-state index contributed by atoms with van der Waals surface area (Å²) in [6, 6.07) is 30.2. The SMILES string of the molecule is CC(=O)OC(c1ccccc1)(c1ccccc1)c1ccccc1.CCCN[C@H]1CCc2nc(N)sc2C1. The molecule has 1 aliphatic carbocycles. The van der Waals surface area contributed by atoms with E-state index >= 15 is 0 Å². The smallest absolute Gasteiger partial charge is 0.304 e. The van der Waals surface area contributed by atoms with E-state index in [2.05, 4.69) is 17.2 Å². The fraction of sp³-hybridized carbons (Fsp3) is 0.290. The molecule has 5 nitrogen and oxygen atoms in total. The zero-order valence-corrected chi connectivity index (χ0v) is 22.3. The quantitative estimate of drug-likeness (QED) is 0.230. The first-order chi connectivity index (χ1) is 18.0. The van der Waals surface area contributed by atoms with Gasteiger partial charge in [-0.25, -0.2) is 4.98 Å². The van der Waals surface area contributed by atoms with E-state index in [-0.39, 0.29) is 5.97 Å². The largest absolute Gasteiger partial charge is 0.444 e. The van der Waals surface area contributed by atoms with Gasteiger partial charge in [-0.2, -0.15) is 0 Å². The predicted molar refractivity (Wildman–Crippen MR) is 152 cm³/mol. The van der Waals surface area contributed by atoms with E-state index in [1.54, 1.807) is 11.3 Å². The van der Waals surface area contributed by atoms with Crippen molar-refractivity contribution < 1.29 is 9.53 Å². The summed E-state index contributed by atoms with van der Waals surface area (Å²) >= 11 is 1.65. The van der Waals surface area contributed by atoms with Crippen LogP contribution in [0.15, 0.2) is 91.0 Å². The third kappa shape index (κ3) is 6.45. The van der Waals surface area contributed by atoms with Crippen LogP contribution in [0, 0.1) is 0 Å². The standard InChI is InChI=1S/C21H18O2.C10H17N3S/c1-17(22)23-21(18-11-5-2-6-12-18,19-13-7-3-8-14-19)20-15-9-4-10-16-20;1-2-5-12-7-3-4-8-9(6-7)14-10(11)13-8/h2-16H,1H3;7,12H,2-6H2,1H3,(H2,11,13)/t;7-/m.0/s1. The molecule has 5 rings (SSSR count). The fourth-order valence-corrected chi connectivity index (χ4v) is 5.79. The summed E-state index contributed by atoms with van der Waals surface area (Å²) in [5.41, 5.74) is 8.75. The molecule has 0 bridgehead atoms. The molecule has 4 aromatic rings. The minimum Gasteiger partial charge on any atom is -0.444 e. The number of esters is 1. The molecule has 0 radical (unpaired) electrons. The number of anilines is 1. The number of hydrogen-bond donors (Lipinski definition) is 2. The summed E-state index contributed by atoms with van der Waals surface area (Å²) in [6.07, 6.45) is 4.61. The maximum absolute atomic E-state index is 12.0. The van der Waals surface area contributed by atoms with Crippen molar-refractivity contribution in [3.05, 3.63) is 118 Å². The second kappa shape index (κ2) is 12.7. The molecule has 0 unspecified atom stereocenters. The number of thiazole rings is 1. The van der Waals surface area contributed by atoms with Crippen molar-refractivity contribution in [2.45, 2.75) is 51.2 Å². The number of aryl methyl sites for hydroxylation is 1. The highest BCUT2D eigenvalue weighted by Crippen LogP contribution is 2.40. The molecule has 0 saturated heterocycles. The van der Waals surface area contributed by atoms with Crippen LogP contribution in [0.25, 0.3) is 0 Å². The number of carbonyl (C=O) groups excluding carboxylic acids is 1. The van der Waals surface area contributed by atoms with Crippen LogP contribution in [0.4, 0.5) is 5.13 Å². The van der Waals surface area contributed by atoms with E-state index < -0.39 is 5.60 Å². The lowest BCUT2D eigenvalue weighted by Crippen LogP contribution is -2.34. The number of nitrogens with one attached hydrogen (secondary N) is 1. The third-order valence-electron chi connectivity index (χ3n) is 6.48. The van der Waals surface area contributed by atoms with Gasteiger partial charge < -0.3 is 15.8 Å². The highest BCUT2D eigenvalue weighted by atomic mass is 32.1. The highest BCUT2D eigenvalue weighted by molar-refractivity contribution is 7.15. The Labute approximate surface area is 223 Å². The minimum absolute atomic E-state index is 0.318. The second-order valence-corrected chi connectivity index (χ2v) is 10.3. The zero-order valence-electron chi connectivity index (χ0n) is 21.5. The molecule has 1 heterocycles. The molecule has 1 aromatic heterocycles. The van der Waals surface area contributed by atoms with Gasteiger partial charge in [-0.05, 0) is 32.2 Å². The van der Waals surface area contributed by atoms with Crippen LogP contribution in [0.2, 0.25) is 0 Å². The molecule has 37 heavy (non-hydrogen) atoms. The molecule has 1 atom stereocenters. The first kappa shape index (κ1) is 26.6. The number of hydrogen-bond acceptors (Lipinski definition) is 6. The van der Waals surface area contributed by atoms with Crippen LogP contribution in [0.1, 0.15) is 54.0 Å². The summed E-state index contributed by atoms with van der Waals surface area (Å²) in [5.74, 6) is -0.318. The van der Waals surface area contributed by atoms with E-state index in [1.807, 2.05) is 91.0 Å². The number of benzene rings is 3. The number of nitrogen functional groups attached to an aromatic ring is 1. The number of carbonyl (C=O) groups is 1. The van der Waals surface area contributed by atoms with Gasteiger partial charge in [0.2, 0.25) is 0 Å². The van der Waals surface area contributed by atoms with E-state index in [0.717, 1.165) is 41.2 Å². The molecule has 3 N–H and O–H groups in total.